The van der Waals surface area contributed by atoms with Crippen molar-refractivity contribution in [2.75, 3.05) is 0 Å². The van der Waals surface area contributed by atoms with Crippen LogP contribution in [0.3, 0.4) is 0 Å². The van der Waals surface area contributed by atoms with Gasteiger partial charge in [-0.2, -0.15) is 0 Å². The molecule has 0 bridgehead atoms. The van der Waals surface area contributed by atoms with Gasteiger partial charge in [0.15, 0.2) is 0 Å². The highest BCUT2D eigenvalue weighted by molar-refractivity contribution is 9.10. The predicted molar refractivity (Wildman–Crippen MR) is 80.9 cm³/mol. The van der Waals surface area contributed by atoms with Gasteiger partial charge in [-0.25, -0.2) is 4.39 Å². The highest BCUT2D eigenvalue weighted by Gasteiger charge is 2.26. The van der Waals surface area contributed by atoms with Gasteiger partial charge >= 0.3 is 0 Å². The number of nitrogens with two attached hydrogens (primary N) is 1. The van der Waals surface area contributed by atoms with Gasteiger partial charge in [0.2, 0.25) is 0 Å². The van der Waals surface area contributed by atoms with Crippen LogP contribution in [0.4, 0.5) is 4.39 Å². The van der Waals surface area contributed by atoms with Crippen LogP contribution in [0.1, 0.15) is 23.6 Å². The van der Waals surface area contributed by atoms with Gasteiger partial charge in [-0.05, 0) is 48.7 Å². The maximum atomic E-state index is 13.7. The van der Waals surface area contributed by atoms with E-state index in [0.717, 1.165) is 10.0 Å². The van der Waals surface area contributed by atoms with Gasteiger partial charge in [0.25, 0.3) is 0 Å². The Hall–Kier alpha value is -0.900. The summed E-state index contributed by atoms with van der Waals surface area (Å²) < 4.78 is 14.6. The molecule has 0 aliphatic heterocycles. The second-order valence-electron chi connectivity index (χ2n) is 4.79. The summed E-state index contributed by atoms with van der Waals surface area (Å²) in [5, 5.41) is 0.556. The van der Waals surface area contributed by atoms with Gasteiger partial charge in [-0.1, -0.05) is 45.7 Å². The first-order valence-electron chi connectivity index (χ1n) is 5.83. The van der Waals surface area contributed by atoms with Crippen LogP contribution in [0.15, 0.2) is 40.9 Å². The summed E-state index contributed by atoms with van der Waals surface area (Å²) in [6, 6.07) is 10.5. The third-order valence-electron chi connectivity index (χ3n) is 3.26. The van der Waals surface area contributed by atoms with E-state index in [-0.39, 0.29) is 5.82 Å². The monoisotopic (exact) mass is 341 g/mol. The zero-order valence-electron chi connectivity index (χ0n) is 10.7. The largest absolute Gasteiger partial charge is 0.318 e. The second-order valence-corrected chi connectivity index (χ2v) is 6.11. The molecule has 0 fully saturated rings. The number of halogens is 3. The summed E-state index contributed by atoms with van der Waals surface area (Å²) in [6.45, 7) is 3.55. The lowest BCUT2D eigenvalue weighted by Crippen LogP contribution is -2.34. The molecule has 19 heavy (non-hydrogen) atoms. The molecule has 1 atom stereocenters. The van der Waals surface area contributed by atoms with E-state index in [2.05, 4.69) is 15.9 Å². The molecular weight excluding hydrogens is 329 g/mol. The molecular formula is C15H14BrClFN. The molecule has 1 unspecified atom stereocenters. The molecule has 0 aliphatic rings. The summed E-state index contributed by atoms with van der Waals surface area (Å²) >= 11 is 9.59. The number of benzene rings is 2. The molecule has 0 amide bonds. The molecule has 2 aromatic rings. The minimum atomic E-state index is -0.841. The number of hydrogen-bond donors (Lipinski definition) is 1. The fourth-order valence-electron chi connectivity index (χ4n) is 1.98. The minimum absolute atomic E-state index is 0.262. The van der Waals surface area contributed by atoms with E-state index in [1.807, 2.05) is 25.1 Å². The van der Waals surface area contributed by atoms with Crippen LogP contribution < -0.4 is 5.73 Å². The molecule has 100 valence electrons. The lowest BCUT2D eigenvalue weighted by molar-refractivity contribution is 0.578. The van der Waals surface area contributed by atoms with Crippen LogP contribution in [0.2, 0.25) is 5.02 Å². The zero-order valence-corrected chi connectivity index (χ0v) is 13.0. The summed E-state index contributed by atoms with van der Waals surface area (Å²) in [7, 11) is 0. The first-order valence-corrected chi connectivity index (χ1v) is 7.00. The molecule has 1 nitrogen and oxygen atoms in total. The predicted octanol–water partition coefficient (Wildman–Crippen LogP) is 4.77. The van der Waals surface area contributed by atoms with Crippen molar-refractivity contribution in [1.29, 1.82) is 0 Å². The molecule has 0 saturated carbocycles. The van der Waals surface area contributed by atoms with Gasteiger partial charge < -0.3 is 5.73 Å². The molecule has 0 saturated heterocycles. The van der Waals surface area contributed by atoms with Crippen molar-refractivity contribution in [2.24, 2.45) is 5.73 Å². The summed E-state index contributed by atoms with van der Waals surface area (Å²) in [5.41, 5.74) is 7.58. The standard InChI is InChI=1S/C15H14BrClFN/c1-9-3-4-10(7-14(9)18)15(2,19)12-6-5-11(16)8-13(12)17/h3-8H,19H2,1-2H3. The van der Waals surface area contributed by atoms with Crippen molar-refractivity contribution in [3.8, 4) is 0 Å². The quantitative estimate of drug-likeness (QED) is 0.835. The molecule has 2 rings (SSSR count). The molecule has 0 radical (unpaired) electrons. The number of aryl methyl sites for hydroxylation is 1. The smallest absolute Gasteiger partial charge is 0.126 e. The third kappa shape index (κ3) is 2.83. The third-order valence-corrected chi connectivity index (χ3v) is 4.07. The average Bonchev–Trinajstić information content (AvgIpc) is 2.32. The Morgan fingerprint density at radius 3 is 2.47 bits per heavy atom. The molecule has 4 heteroatoms. The van der Waals surface area contributed by atoms with Crippen LogP contribution in [-0.4, -0.2) is 0 Å². The van der Waals surface area contributed by atoms with Crippen LogP contribution in [0.25, 0.3) is 0 Å². The summed E-state index contributed by atoms with van der Waals surface area (Å²) in [4.78, 5) is 0. The van der Waals surface area contributed by atoms with Gasteiger partial charge in [0.1, 0.15) is 5.82 Å². The van der Waals surface area contributed by atoms with Crippen LogP contribution >= 0.6 is 27.5 Å². The summed E-state index contributed by atoms with van der Waals surface area (Å²) in [5.74, 6) is -0.262. The van der Waals surface area contributed by atoms with Crippen LogP contribution in [-0.2, 0) is 5.54 Å². The molecule has 2 aromatic carbocycles. The maximum absolute atomic E-state index is 13.7. The molecule has 0 aliphatic carbocycles. The van der Waals surface area contributed by atoms with E-state index < -0.39 is 5.54 Å². The first-order chi connectivity index (χ1) is 8.82. The van der Waals surface area contributed by atoms with Crippen LogP contribution in [0.5, 0.6) is 0 Å². The van der Waals surface area contributed by atoms with E-state index >= 15 is 0 Å². The van der Waals surface area contributed by atoms with E-state index in [0.29, 0.717) is 16.1 Å². The second kappa shape index (κ2) is 5.23. The van der Waals surface area contributed by atoms with E-state index in [9.17, 15) is 4.39 Å². The Labute approximate surface area is 125 Å². The Kier molecular flexibility index (Phi) is 4.00. The molecule has 0 aromatic heterocycles. The average molecular weight is 343 g/mol. The minimum Gasteiger partial charge on any atom is -0.318 e. The van der Waals surface area contributed by atoms with E-state index in [1.54, 1.807) is 19.1 Å². The van der Waals surface area contributed by atoms with Crippen LogP contribution in [0, 0.1) is 12.7 Å². The SMILES string of the molecule is Cc1ccc(C(C)(N)c2ccc(Br)cc2Cl)cc1F. The lowest BCUT2D eigenvalue weighted by atomic mass is 9.85. The van der Waals surface area contributed by atoms with Crippen molar-refractivity contribution in [2.45, 2.75) is 19.4 Å². The lowest BCUT2D eigenvalue weighted by Gasteiger charge is -2.27. The fraction of sp³-hybridized carbons (Fsp3) is 0.200. The molecule has 0 spiro atoms. The normalized spacial score (nSPS) is 14.2. The van der Waals surface area contributed by atoms with Crippen molar-refractivity contribution in [3.05, 3.63) is 68.4 Å². The van der Waals surface area contributed by atoms with E-state index in [4.69, 9.17) is 17.3 Å². The van der Waals surface area contributed by atoms with Crippen molar-refractivity contribution < 1.29 is 4.39 Å². The van der Waals surface area contributed by atoms with Gasteiger partial charge in [0, 0.05) is 9.50 Å². The Balaban J connectivity index is 2.54. The zero-order chi connectivity index (χ0) is 14.2. The Bertz CT molecular complexity index is 626. The molecule has 0 heterocycles. The van der Waals surface area contributed by atoms with E-state index in [1.165, 1.54) is 6.07 Å². The number of hydrogen-bond acceptors (Lipinski definition) is 1. The highest BCUT2D eigenvalue weighted by Crippen LogP contribution is 2.34. The van der Waals surface area contributed by atoms with Crippen molar-refractivity contribution >= 4 is 27.5 Å². The van der Waals surface area contributed by atoms with Gasteiger partial charge in [0.05, 0.1) is 5.54 Å². The highest BCUT2D eigenvalue weighted by atomic mass is 79.9. The van der Waals surface area contributed by atoms with Crippen molar-refractivity contribution in [3.63, 3.8) is 0 Å². The molecule has 2 N–H and O–H groups in total. The topological polar surface area (TPSA) is 26.0 Å². The summed E-state index contributed by atoms with van der Waals surface area (Å²) in [6.07, 6.45) is 0. The fourth-order valence-corrected chi connectivity index (χ4v) is 2.85. The number of rotatable bonds is 2. The van der Waals surface area contributed by atoms with Crippen molar-refractivity contribution in [1.82, 2.24) is 0 Å². The Morgan fingerprint density at radius 2 is 1.89 bits per heavy atom. The van der Waals surface area contributed by atoms with Gasteiger partial charge in [-0.15, -0.1) is 0 Å². The maximum Gasteiger partial charge on any atom is 0.126 e. The van der Waals surface area contributed by atoms with Gasteiger partial charge in [-0.3, -0.25) is 0 Å². The first kappa shape index (κ1) is 14.5. The Morgan fingerprint density at radius 1 is 1.21 bits per heavy atom.